The second-order valence-corrected chi connectivity index (χ2v) is 9.84. The second-order valence-electron chi connectivity index (χ2n) is 8.44. The smallest absolute Gasteiger partial charge is 0.344 e. The number of carbonyl (C=O) groups excluding carboxylic acids is 3. The number of methoxy groups -OCH3 is 1. The van der Waals surface area contributed by atoms with E-state index in [0.29, 0.717) is 27.6 Å². The monoisotopic (exact) mass is 559 g/mol. The van der Waals surface area contributed by atoms with Gasteiger partial charge in [0, 0.05) is 0 Å². The summed E-state index contributed by atoms with van der Waals surface area (Å²) < 4.78 is 16.7. The first-order chi connectivity index (χ1) is 18.9. The van der Waals surface area contributed by atoms with E-state index in [1.165, 1.54) is 7.11 Å². The standard InChI is InChI=1S/C30H22ClNO6S/c1-36-25-14-13-19(17-26(25)38-29(34)22-10-6-8-20-7-2-3-9-21(20)22)18-27-28(33)32(30(35)39-27)15-16-37-24-12-5-4-11-23(24)31/h2-14,17-18H,15-16H2,1H3/b27-18-. The molecule has 0 atom stereocenters. The highest BCUT2D eigenvalue weighted by Gasteiger charge is 2.35. The van der Waals surface area contributed by atoms with Crippen LogP contribution >= 0.6 is 23.4 Å². The maximum absolute atomic E-state index is 13.1. The van der Waals surface area contributed by atoms with Gasteiger partial charge in [0.1, 0.15) is 12.4 Å². The summed E-state index contributed by atoms with van der Waals surface area (Å²) in [5.41, 5.74) is 0.982. The minimum absolute atomic E-state index is 0.0732. The summed E-state index contributed by atoms with van der Waals surface area (Å²) in [6.45, 7) is 0.176. The number of imide groups is 1. The number of fused-ring (bicyclic) bond motifs is 1. The summed E-state index contributed by atoms with van der Waals surface area (Å²) in [6.07, 6.45) is 1.58. The molecule has 1 saturated heterocycles. The summed E-state index contributed by atoms with van der Waals surface area (Å²) in [4.78, 5) is 39.9. The van der Waals surface area contributed by atoms with Crippen molar-refractivity contribution in [3.8, 4) is 17.2 Å². The molecule has 0 bridgehead atoms. The van der Waals surface area contributed by atoms with E-state index in [9.17, 15) is 14.4 Å². The Labute approximate surface area is 233 Å². The van der Waals surface area contributed by atoms with E-state index in [1.54, 1.807) is 60.7 Å². The zero-order chi connectivity index (χ0) is 27.4. The largest absolute Gasteiger partial charge is 0.493 e. The summed E-state index contributed by atoms with van der Waals surface area (Å²) in [6, 6.07) is 24.9. The lowest BCUT2D eigenvalue weighted by atomic mass is 10.0. The molecule has 0 aliphatic carbocycles. The lowest BCUT2D eigenvalue weighted by molar-refractivity contribution is -0.123. The molecule has 196 valence electrons. The Hall–Kier alpha value is -4.27. The van der Waals surface area contributed by atoms with Crippen LogP contribution in [0.1, 0.15) is 15.9 Å². The highest BCUT2D eigenvalue weighted by atomic mass is 35.5. The Kier molecular flexibility index (Phi) is 7.86. The summed E-state index contributed by atoms with van der Waals surface area (Å²) in [5, 5.41) is 1.74. The van der Waals surface area contributed by atoms with Crippen molar-refractivity contribution in [1.29, 1.82) is 0 Å². The molecule has 1 fully saturated rings. The quantitative estimate of drug-likeness (QED) is 0.133. The van der Waals surface area contributed by atoms with Crippen LogP contribution < -0.4 is 14.2 Å². The molecule has 5 rings (SSSR count). The predicted molar refractivity (Wildman–Crippen MR) is 152 cm³/mol. The topological polar surface area (TPSA) is 82.1 Å². The number of nitrogens with zero attached hydrogens (tertiary/aromatic N) is 1. The van der Waals surface area contributed by atoms with Crippen LogP contribution in [0.3, 0.4) is 0 Å². The number of hydrogen-bond donors (Lipinski definition) is 0. The van der Waals surface area contributed by atoms with Gasteiger partial charge in [-0.15, -0.1) is 0 Å². The molecule has 0 unspecified atom stereocenters. The minimum atomic E-state index is -0.541. The minimum Gasteiger partial charge on any atom is -0.493 e. The van der Waals surface area contributed by atoms with Crippen molar-refractivity contribution < 1.29 is 28.6 Å². The first-order valence-corrected chi connectivity index (χ1v) is 13.1. The van der Waals surface area contributed by atoms with E-state index < -0.39 is 17.1 Å². The zero-order valence-corrected chi connectivity index (χ0v) is 22.3. The van der Waals surface area contributed by atoms with E-state index in [0.717, 1.165) is 27.4 Å². The molecular formula is C30H22ClNO6S. The third-order valence-electron chi connectivity index (χ3n) is 5.98. The Bertz CT molecular complexity index is 1610. The van der Waals surface area contributed by atoms with Crippen LogP contribution in [0, 0.1) is 0 Å². The van der Waals surface area contributed by atoms with Crippen molar-refractivity contribution in [2.45, 2.75) is 0 Å². The average Bonchev–Trinajstić information content (AvgIpc) is 3.21. The van der Waals surface area contributed by atoms with Crippen molar-refractivity contribution >= 4 is 57.3 Å². The highest BCUT2D eigenvalue weighted by Crippen LogP contribution is 2.35. The first kappa shape index (κ1) is 26.3. The average molecular weight is 560 g/mol. The summed E-state index contributed by atoms with van der Waals surface area (Å²) in [5.74, 6) is 0.0478. The number of ether oxygens (including phenoxy) is 3. The van der Waals surface area contributed by atoms with Gasteiger partial charge in [-0.05, 0) is 64.5 Å². The van der Waals surface area contributed by atoms with Gasteiger partial charge in [0.25, 0.3) is 11.1 Å². The first-order valence-electron chi connectivity index (χ1n) is 12.0. The van der Waals surface area contributed by atoms with Gasteiger partial charge in [0.15, 0.2) is 11.5 Å². The van der Waals surface area contributed by atoms with Crippen LogP contribution in [0.25, 0.3) is 16.8 Å². The van der Waals surface area contributed by atoms with Crippen molar-refractivity contribution in [3.05, 3.63) is 106 Å². The van der Waals surface area contributed by atoms with E-state index in [1.807, 2.05) is 30.3 Å². The molecule has 0 radical (unpaired) electrons. The molecule has 4 aromatic carbocycles. The number of halogens is 1. The molecule has 7 nitrogen and oxygen atoms in total. The fourth-order valence-electron chi connectivity index (χ4n) is 4.07. The molecule has 0 spiro atoms. The fourth-order valence-corrected chi connectivity index (χ4v) is 5.13. The number of hydrogen-bond acceptors (Lipinski definition) is 7. The zero-order valence-electron chi connectivity index (χ0n) is 20.8. The van der Waals surface area contributed by atoms with Crippen molar-refractivity contribution in [2.75, 3.05) is 20.3 Å². The van der Waals surface area contributed by atoms with Crippen LogP contribution in [0.2, 0.25) is 5.02 Å². The predicted octanol–water partition coefficient (Wildman–Crippen LogP) is 6.84. The van der Waals surface area contributed by atoms with E-state index in [4.69, 9.17) is 25.8 Å². The molecule has 0 N–H and O–H groups in total. The molecule has 0 aromatic heterocycles. The maximum atomic E-state index is 13.1. The molecular weight excluding hydrogens is 538 g/mol. The molecule has 2 amide bonds. The van der Waals surface area contributed by atoms with Gasteiger partial charge in [-0.25, -0.2) is 4.79 Å². The van der Waals surface area contributed by atoms with Crippen LogP contribution in [0.15, 0.2) is 89.8 Å². The third-order valence-corrected chi connectivity index (χ3v) is 7.20. The third kappa shape index (κ3) is 5.77. The van der Waals surface area contributed by atoms with Gasteiger partial charge >= 0.3 is 5.97 Å². The van der Waals surface area contributed by atoms with E-state index >= 15 is 0 Å². The number of thioether (sulfide) groups is 1. The fraction of sp³-hybridized carbons (Fsp3) is 0.100. The summed E-state index contributed by atoms with van der Waals surface area (Å²) >= 11 is 6.92. The normalized spacial score (nSPS) is 14.2. The number of benzene rings is 4. The van der Waals surface area contributed by atoms with Crippen LogP contribution in [-0.2, 0) is 4.79 Å². The number of esters is 1. The van der Waals surface area contributed by atoms with E-state index in [2.05, 4.69) is 0 Å². The molecule has 39 heavy (non-hydrogen) atoms. The van der Waals surface area contributed by atoms with Crippen molar-refractivity contribution in [2.24, 2.45) is 0 Å². The van der Waals surface area contributed by atoms with Gasteiger partial charge in [0.05, 0.1) is 29.1 Å². The second kappa shape index (κ2) is 11.6. The van der Waals surface area contributed by atoms with Gasteiger partial charge in [0.2, 0.25) is 0 Å². The molecule has 4 aromatic rings. The highest BCUT2D eigenvalue weighted by molar-refractivity contribution is 8.18. The number of para-hydroxylation sites is 1. The van der Waals surface area contributed by atoms with E-state index in [-0.39, 0.29) is 23.8 Å². The Morgan fingerprint density at radius 2 is 1.69 bits per heavy atom. The number of rotatable bonds is 8. The van der Waals surface area contributed by atoms with Gasteiger partial charge in [-0.3, -0.25) is 14.5 Å². The van der Waals surface area contributed by atoms with Crippen molar-refractivity contribution in [3.63, 3.8) is 0 Å². The van der Waals surface area contributed by atoms with Crippen LogP contribution in [-0.4, -0.2) is 42.3 Å². The molecule has 9 heteroatoms. The molecule has 0 saturated carbocycles. The number of carbonyl (C=O) groups is 3. The van der Waals surface area contributed by atoms with Crippen LogP contribution in [0.4, 0.5) is 4.79 Å². The van der Waals surface area contributed by atoms with Gasteiger partial charge in [-0.1, -0.05) is 66.2 Å². The summed E-state index contributed by atoms with van der Waals surface area (Å²) in [7, 11) is 1.47. The Morgan fingerprint density at radius 1 is 0.923 bits per heavy atom. The van der Waals surface area contributed by atoms with Crippen molar-refractivity contribution in [1.82, 2.24) is 4.90 Å². The van der Waals surface area contributed by atoms with Gasteiger partial charge < -0.3 is 14.2 Å². The molecule has 1 aliphatic heterocycles. The van der Waals surface area contributed by atoms with Gasteiger partial charge in [-0.2, -0.15) is 0 Å². The SMILES string of the molecule is COc1ccc(/C=C2\SC(=O)N(CCOc3ccccc3Cl)C2=O)cc1OC(=O)c1cccc2ccccc12. The Morgan fingerprint density at radius 3 is 2.51 bits per heavy atom. The lowest BCUT2D eigenvalue weighted by Gasteiger charge is -2.13. The Balaban J connectivity index is 1.32. The molecule has 1 heterocycles. The number of amides is 2. The maximum Gasteiger partial charge on any atom is 0.344 e. The lowest BCUT2D eigenvalue weighted by Crippen LogP contribution is -2.32. The molecule has 1 aliphatic rings. The van der Waals surface area contributed by atoms with Crippen LogP contribution in [0.5, 0.6) is 17.2 Å².